The van der Waals surface area contributed by atoms with Crippen molar-refractivity contribution in [1.29, 1.82) is 0 Å². The lowest BCUT2D eigenvalue weighted by Gasteiger charge is -2.20. The number of anilines is 2. The number of aliphatic hydroxyl groups excluding tert-OH is 2. The number of sulfonamides is 2. The van der Waals surface area contributed by atoms with Gasteiger partial charge in [-0.15, -0.1) is 0 Å². The highest BCUT2D eigenvalue weighted by atomic mass is 32.2. The van der Waals surface area contributed by atoms with Crippen molar-refractivity contribution in [1.82, 2.24) is 39.2 Å². The molecule has 21 nitrogen and oxygen atoms in total. The molecule has 0 saturated heterocycles. The number of hydrogen-bond acceptors (Lipinski definition) is 13. The number of carbonyl (C=O) groups is 4. The van der Waals surface area contributed by atoms with E-state index in [4.69, 9.17) is 15.3 Å². The maximum absolute atomic E-state index is 12.7. The zero-order chi connectivity index (χ0) is 49.6. The van der Waals surface area contributed by atoms with Gasteiger partial charge in [-0.2, -0.15) is 27.0 Å². The number of amides is 5. The minimum Gasteiger partial charge on any atom is -0.477 e. The van der Waals surface area contributed by atoms with Gasteiger partial charge in [-0.25, -0.2) is 23.8 Å². The van der Waals surface area contributed by atoms with Gasteiger partial charge in [-0.3, -0.25) is 14.2 Å². The fraction of sp³-hybridized carbons (Fsp3) is 0.476. The summed E-state index contributed by atoms with van der Waals surface area (Å²) in [5, 5.41) is 40.6. The van der Waals surface area contributed by atoms with Crippen molar-refractivity contribution in [2.24, 2.45) is 14.1 Å². The van der Waals surface area contributed by atoms with E-state index in [1.54, 1.807) is 7.05 Å². The van der Waals surface area contributed by atoms with E-state index in [1.165, 1.54) is 26.0 Å². The molecule has 2 aromatic carbocycles. The van der Waals surface area contributed by atoms with E-state index in [-0.39, 0.29) is 54.8 Å². The van der Waals surface area contributed by atoms with Crippen LogP contribution in [0.2, 0.25) is 0 Å². The van der Waals surface area contributed by atoms with E-state index in [9.17, 15) is 36.0 Å². The van der Waals surface area contributed by atoms with Crippen molar-refractivity contribution in [3.8, 4) is 0 Å². The molecule has 65 heavy (non-hydrogen) atoms. The van der Waals surface area contributed by atoms with Gasteiger partial charge in [0.2, 0.25) is 0 Å². The molecule has 0 fully saturated rings. The Morgan fingerprint density at radius 3 is 1.28 bits per heavy atom. The number of nitrogens with one attached hydrogen (secondary N) is 5. The Morgan fingerprint density at radius 1 is 0.646 bits per heavy atom. The Labute approximate surface area is 381 Å². The molecule has 0 aliphatic rings. The van der Waals surface area contributed by atoms with Gasteiger partial charge in [0, 0.05) is 57.7 Å². The van der Waals surface area contributed by atoms with Gasteiger partial charge in [-0.1, -0.05) is 91.8 Å². The summed E-state index contributed by atoms with van der Waals surface area (Å²) in [5.74, 6) is -1.39. The number of urea groups is 2. The number of carboxylic acid groups (broad SMARTS) is 1. The first-order valence-corrected chi connectivity index (χ1v) is 23.6. The SMILES string of the molecule is CC(C)c1cccc(C(C)C)c1NC(=O)NS(=O)(=O)c1cc(C(=O)N(C)CCO)n(C)n1.CC(C)c1cccc(C(C)C)c1NC(=O)NS(=O)(=O)c1cc(C(=O)O)n(C)n1.CNCCO. The Morgan fingerprint density at radius 2 is 1.00 bits per heavy atom. The van der Waals surface area contributed by atoms with Crippen LogP contribution in [-0.4, -0.2) is 121 Å². The van der Waals surface area contributed by atoms with Crippen LogP contribution in [0.4, 0.5) is 21.0 Å². The van der Waals surface area contributed by atoms with E-state index in [2.05, 4.69) is 26.1 Å². The lowest BCUT2D eigenvalue weighted by Crippen LogP contribution is -2.35. The van der Waals surface area contributed by atoms with Crippen molar-refractivity contribution in [2.75, 3.05) is 51.0 Å². The van der Waals surface area contributed by atoms with Gasteiger partial charge in [0.05, 0.1) is 13.2 Å². The molecule has 0 saturated carbocycles. The number of likely N-dealkylation sites (N-methyl/N-ethyl adjacent to an activating group) is 2. The van der Waals surface area contributed by atoms with Gasteiger partial charge in [0.25, 0.3) is 26.0 Å². The van der Waals surface area contributed by atoms with Crippen LogP contribution in [0.5, 0.6) is 0 Å². The molecule has 0 spiro atoms. The maximum atomic E-state index is 12.7. The van der Waals surface area contributed by atoms with Crippen molar-refractivity contribution in [3.05, 3.63) is 82.2 Å². The highest BCUT2D eigenvalue weighted by Crippen LogP contribution is 2.33. The molecule has 8 N–H and O–H groups in total. The second kappa shape index (κ2) is 24.4. The molecule has 0 aliphatic carbocycles. The number of aromatic carboxylic acids is 1. The number of aryl methyl sites for hydroxylation is 2. The van der Waals surface area contributed by atoms with E-state index >= 15 is 0 Å². The van der Waals surface area contributed by atoms with Crippen LogP contribution in [-0.2, 0) is 34.1 Å². The summed E-state index contributed by atoms with van der Waals surface area (Å²) in [5.41, 5.74) is 4.37. The second-order valence-electron chi connectivity index (χ2n) is 15.9. The summed E-state index contributed by atoms with van der Waals surface area (Å²) in [7, 11) is -2.67. The third kappa shape index (κ3) is 15.4. The van der Waals surface area contributed by atoms with E-state index in [0.717, 1.165) is 43.8 Å². The van der Waals surface area contributed by atoms with Crippen molar-refractivity contribution < 1.29 is 51.3 Å². The van der Waals surface area contributed by atoms with E-state index < -0.39 is 54.0 Å². The molecule has 360 valence electrons. The summed E-state index contributed by atoms with van der Waals surface area (Å²) >= 11 is 0. The van der Waals surface area contributed by atoms with E-state index in [1.807, 2.05) is 101 Å². The number of carbonyl (C=O) groups excluding carboxylic acids is 3. The number of nitrogens with zero attached hydrogens (tertiary/aromatic N) is 5. The molecule has 2 heterocycles. The smallest absolute Gasteiger partial charge is 0.354 e. The number of aromatic nitrogens is 4. The number of carboxylic acids is 1. The molecule has 0 radical (unpaired) electrons. The molecule has 0 atom stereocenters. The van der Waals surface area contributed by atoms with Crippen LogP contribution in [0.25, 0.3) is 0 Å². The zero-order valence-corrected chi connectivity index (χ0v) is 40.5. The molecule has 23 heteroatoms. The molecule has 5 amide bonds. The molecule has 4 rings (SSSR count). The Bertz CT molecular complexity index is 2440. The molecule has 0 aliphatic heterocycles. The van der Waals surface area contributed by atoms with Gasteiger partial charge in [0.15, 0.2) is 10.1 Å². The first-order chi connectivity index (χ1) is 30.2. The number of aliphatic hydroxyl groups is 2. The monoisotopic (exact) mass is 948 g/mol. The van der Waals surface area contributed by atoms with Crippen LogP contribution in [0, 0.1) is 0 Å². The average molecular weight is 949 g/mol. The normalized spacial score (nSPS) is 11.4. The molecule has 4 aromatic rings. The topological polar surface area (TPSA) is 296 Å². The predicted octanol–water partition coefficient (Wildman–Crippen LogP) is 4.32. The summed E-state index contributed by atoms with van der Waals surface area (Å²) in [4.78, 5) is 49.8. The molecular formula is C42H64N10O11S2. The number of hydrogen-bond donors (Lipinski definition) is 8. The summed E-state index contributed by atoms with van der Waals surface area (Å²) in [6.45, 7) is 16.6. The number of rotatable bonds is 16. The first kappa shape index (κ1) is 55.3. The predicted molar refractivity (Wildman–Crippen MR) is 246 cm³/mol. The lowest BCUT2D eigenvalue weighted by atomic mass is 9.93. The largest absolute Gasteiger partial charge is 0.477 e. The van der Waals surface area contributed by atoms with Crippen LogP contribution in [0.1, 0.15) is 122 Å². The second-order valence-corrected chi connectivity index (χ2v) is 19.2. The van der Waals surface area contributed by atoms with Crippen molar-refractivity contribution >= 4 is 55.4 Å². The Hall–Kier alpha value is -5.88. The van der Waals surface area contributed by atoms with Gasteiger partial charge in [0.1, 0.15) is 11.4 Å². The lowest BCUT2D eigenvalue weighted by molar-refractivity contribution is 0.0684. The van der Waals surface area contributed by atoms with Gasteiger partial charge in [-0.05, 0) is 53.0 Å². The summed E-state index contributed by atoms with van der Waals surface area (Å²) in [6.07, 6.45) is 0. The van der Waals surface area contributed by atoms with Gasteiger partial charge < -0.3 is 36.2 Å². The Balaban J connectivity index is 0.000000407. The van der Waals surface area contributed by atoms with Crippen molar-refractivity contribution in [3.63, 3.8) is 0 Å². The van der Waals surface area contributed by atoms with E-state index in [0.29, 0.717) is 17.9 Å². The minimum atomic E-state index is -4.34. The highest BCUT2D eigenvalue weighted by Gasteiger charge is 2.28. The summed E-state index contributed by atoms with van der Waals surface area (Å²) < 4.78 is 56.2. The van der Waals surface area contributed by atoms with Gasteiger partial charge >= 0.3 is 18.0 Å². The van der Waals surface area contributed by atoms with Crippen LogP contribution in [0.3, 0.4) is 0 Å². The standard InChI is InChI=1S/C21H31N5O5S.C18H24N4O5S.C3H9NO/c1-13(2)15-8-7-9-16(14(3)4)19(15)22-21(29)24-32(30,31)18-12-17(26(6)23-18)20(28)25(5)10-11-27;1-10(2)12-7-6-8-13(11(3)4)16(12)19-18(25)21-28(26,27)15-9-14(17(23)24)22(5)20-15;1-4-2-3-5/h7-9,12-14,27H,10-11H2,1-6H3,(H2,22,24,29);6-11H,1-5H3,(H,23,24)(H2,19,21,25);4-5H,2-3H2,1H3. The average Bonchev–Trinajstić information content (AvgIpc) is 3.81. The zero-order valence-electron chi connectivity index (χ0n) is 38.9. The minimum absolute atomic E-state index is 0.00832. The van der Waals surface area contributed by atoms with Crippen LogP contribution >= 0.6 is 0 Å². The quantitative estimate of drug-likeness (QED) is 0.0777. The molecule has 2 aromatic heterocycles. The third-order valence-corrected chi connectivity index (χ3v) is 11.9. The Kier molecular flexibility index (Phi) is 20.8. The third-order valence-electron chi connectivity index (χ3n) is 9.52. The first-order valence-electron chi connectivity index (χ1n) is 20.6. The number of benzene rings is 2. The molecular weight excluding hydrogens is 885 g/mol. The molecule has 0 bridgehead atoms. The van der Waals surface area contributed by atoms with Crippen molar-refractivity contribution in [2.45, 2.75) is 89.1 Å². The highest BCUT2D eigenvalue weighted by molar-refractivity contribution is 7.90. The van der Waals surface area contributed by atoms with Crippen LogP contribution in [0.15, 0.2) is 58.6 Å². The fourth-order valence-electron chi connectivity index (χ4n) is 6.12. The maximum Gasteiger partial charge on any atom is 0.354 e. The molecule has 0 unspecified atom stereocenters. The summed E-state index contributed by atoms with van der Waals surface area (Å²) in [6, 6.07) is 11.4. The van der Waals surface area contributed by atoms with Crippen LogP contribution < -0.4 is 25.4 Å². The fourth-order valence-corrected chi connectivity index (χ4v) is 7.91. The number of para-hydroxylation sites is 2.